The van der Waals surface area contributed by atoms with E-state index in [-0.39, 0.29) is 25.0 Å². The second-order valence-electron chi connectivity index (χ2n) is 9.45. The number of carbonyl (C=O) groups is 2. The number of carbonyl (C=O) groups excluding carboxylic acids is 2. The van der Waals surface area contributed by atoms with Gasteiger partial charge in [0, 0.05) is 33.6 Å². The van der Waals surface area contributed by atoms with Crippen molar-refractivity contribution in [2.24, 2.45) is 0 Å². The van der Waals surface area contributed by atoms with Crippen LogP contribution in [-0.2, 0) is 22.6 Å². The molecule has 0 radical (unpaired) electrons. The topological polar surface area (TPSA) is 58.6 Å². The van der Waals surface area contributed by atoms with Crippen molar-refractivity contribution in [1.29, 1.82) is 0 Å². The number of hydrogen-bond donors (Lipinski definition) is 1. The summed E-state index contributed by atoms with van der Waals surface area (Å²) in [7, 11) is 0. The van der Waals surface area contributed by atoms with Gasteiger partial charge in [0.25, 0.3) is 5.91 Å². The van der Waals surface area contributed by atoms with Crippen LogP contribution >= 0.6 is 34.8 Å². The van der Waals surface area contributed by atoms with Crippen LogP contribution in [-0.4, -0.2) is 34.9 Å². The summed E-state index contributed by atoms with van der Waals surface area (Å²) in [5.74, 6) is -0.183. The van der Waals surface area contributed by atoms with Crippen LogP contribution in [0.2, 0.25) is 15.1 Å². The predicted octanol–water partition coefficient (Wildman–Crippen LogP) is 6.58. The Kier molecular flexibility index (Phi) is 9.66. The highest BCUT2D eigenvalue weighted by Crippen LogP contribution is 2.25. The first-order valence-corrected chi connectivity index (χ1v) is 12.6. The summed E-state index contributed by atoms with van der Waals surface area (Å²) in [5, 5.41) is 4.41. The minimum absolute atomic E-state index is 0.100. The highest BCUT2D eigenvalue weighted by Gasteiger charge is 2.32. The van der Waals surface area contributed by atoms with Crippen LogP contribution in [0.1, 0.15) is 31.9 Å². The van der Waals surface area contributed by atoms with Crippen molar-refractivity contribution in [3.63, 3.8) is 0 Å². The number of nitrogens with zero attached hydrogens (tertiary/aromatic N) is 1. The molecule has 0 aliphatic heterocycles. The Morgan fingerprint density at radius 1 is 0.917 bits per heavy atom. The van der Waals surface area contributed by atoms with E-state index in [0.29, 0.717) is 32.8 Å². The molecular formula is C28H29Cl3N2O3. The highest BCUT2D eigenvalue weighted by molar-refractivity contribution is 6.35. The van der Waals surface area contributed by atoms with E-state index in [1.807, 2.05) is 51.1 Å². The zero-order valence-electron chi connectivity index (χ0n) is 20.4. The predicted molar refractivity (Wildman–Crippen MR) is 146 cm³/mol. The maximum atomic E-state index is 13.6. The molecular weight excluding hydrogens is 519 g/mol. The average molecular weight is 548 g/mol. The van der Waals surface area contributed by atoms with Gasteiger partial charge in [0.15, 0.2) is 6.61 Å². The van der Waals surface area contributed by atoms with Gasteiger partial charge in [-0.2, -0.15) is 0 Å². The first kappa shape index (κ1) is 27.9. The summed E-state index contributed by atoms with van der Waals surface area (Å²) in [6.07, 6.45) is 0.316. The molecule has 5 nitrogen and oxygen atoms in total. The van der Waals surface area contributed by atoms with Gasteiger partial charge in [-0.05, 0) is 62.2 Å². The summed E-state index contributed by atoms with van der Waals surface area (Å²) in [6, 6.07) is 20.6. The first-order valence-electron chi connectivity index (χ1n) is 11.5. The molecule has 3 rings (SSSR count). The molecule has 1 N–H and O–H groups in total. The summed E-state index contributed by atoms with van der Waals surface area (Å²) in [6.45, 7) is 5.52. The van der Waals surface area contributed by atoms with Crippen LogP contribution in [0, 0.1) is 0 Å². The molecule has 0 saturated carbocycles. The van der Waals surface area contributed by atoms with Gasteiger partial charge in [0.2, 0.25) is 5.91 Å². The number of amides is 2. The van der Waals surface area contributed by atoms with Crippen LogP contribution in [0.3, 0.4) is 0 Å². The molecule has 0 saturated heterocycles. The van der Waals surface area contributed by atoms with Crippen LogP contribution < -0.4 is 10.1 Å². The zero-order chi connectivity index (χ0) is 26.3. The van der Waals surface area contributed by atoms with Crippen molar-refractivity contribution >= 4 is 46.6 Å². The molecule has 0 fully saturated rings. The van der Waals surface area contributed by atoms with E-state index in [1.54, 1.807) is 42.5 Å². The molecule has 0 unspecified atom stereocenters. The third kappa shape index (κ3) is 8.44. The molecule has 0 bridgehead atoms. The highest BCUT2D eigenvalue weighted by atomic mass is 35.5. The Hall–Kier alpha value is -2.73. The van der Waals surface area contributed by atoms with Crippen molar-refractivity contribution in [1.82, 2.24) is 10.2 Å². The van der Waals surface area contributed by atoms with Crippen molar-refractivity contribution in [2.75, 3.05) is 6.61 Å². The number of rotatable bonds is 9. The number of halogens is 3. The van der Waals surface area contributed by atoms with Gasteiger partial charge >= 0.3 is 0 Å². The third-order valence-corrected chi connectivity index (χ3v) is 6.11. The number of nitrogens with one attached hydrogen (secondary N) is 1. The molecule has 1 atom stereocenters. The Labute approximate surface area is 227 Å². The lowest BCUT2D eigenvalue weighted by atomic mass is 10.0. The van der Waals surface area contributed by atoms with E-state index < -0.39 is 11.6 Å². The van der Waals surface area contributed by atoms with Crippen molar-refractivity contribution in [3.8, 4) is 5.75 Å². The fourth-order valence-corrected chi connectivity index (χ4v) is 4.27. The second-order valence-corrected chi connectivity index (χ2v) is 10.7. The van der Waals surface area contributed by atoms with E-state index in [4.69, 9.17) is 39.5 Å². The Bertz CT molecular complexity index is 1200. The summed E-state index contributed by atoms with van der Waals surface area (Å²) >= 11 is 18.6. The number of hydrogen-bond acceptors (Lipinski definition) is 3. The fourth-order valence-electron chi connectivity index (χ4n) is 3.63. The van der Waals surface area contributed by atoms with Crippen LogP contribution in [0.25, 0.3) is 0 Å². The molecule has 3 aromatic carbocycles. The van der Waals surface area contributed by atoms with Crippen molar-refractivity contribution < 1.29 is 14.3 Å². The van der Waals surface area contributed by atoms with Gasteiger partial charge in [-0.3, -0.25) is 9.59 Å². The zero-order valence-corrected chi connectivity index (χ0v) is 22.7. The Morgan fingerprint density at radius 2 is 1.61 bits per heavy atom. The quantitative estimate of drug-likeness (QED) is 0.329. The standard InChI is InChI=1S/C28H29Cl3N2O3/c1-28(2,3)32-27(35)25(14-19-8-5-4-6-9-19)33(17-20-12-13-22(30)16-24(20)31)26(34)18-36-23-11-7-10-21(29)15-23/h4-13,15-16,25H,14,17-18H2,1-3H3,(H,32,35)/t25-/m0/s1. The molecule has 0 spiro atoms. The fraction of sp³-hybridized carbons (Fsp3) is 0.286. The Morgan fingerprint density at radius 3 is 2.25 bits per heavy atom. The monoisotopic (exact) mass is 546 g/mol. The summed E-state index contributed by atoms with van der Waals surface area (Å²) in [5.41, 5.74) is 1.09. The van der Waals surface area contributed by atoms with Crippen LogP contribution in [0.5, 0.6) is 5.75 Å². The van der Waals surface area contributed by atoms with E-state index in [2.05, 4.69) is 5.32 Å². The molecule has 190 valence electrons. The molecule has 36 heavy (non-hydrogen) atoms. The summed E-state index contributed by atoms with van der Waals surface area (Å²) < 4.78 is 5.74. The van der Waals surface area contributed by atoms with Gasteiger partial charge in [-0.25, -0.2) is 0 Å². The minimum Gasteiger partial charge on any atom is -0.484 e. The first-order chi connectivity index (χ1) is 17.0. The lowest BCUT2D eigenvalue weighted by molar-refractivity contribution is -0.143. The molecule has 0 heterocycles. The smallest absolute Gasteiger partial charge is 0.261 e. The van der Waals surface area contributed by atoms with Crippen LogP contribution in [0.15, 0.2) is 72.8 Å². The maximum absolute atomic E-state index is 13.6. The van der Waals surface area contributed by atoms with E-state index in [1.165, 1.54) is 4.90 Å². The molecule has 3 aromatic rings. The Balaban J connectivity index is 1.96. The molecule has 0 aromatic heterocycles. The second kappa shape index (κ2) is 12.5. The average Bonchev–Trinajstić information content (AvgIpc) is 2.80. The lowest BCUT2D eigenvalue weighted by Crippen LogP contribution is -2.55. The normalized spacial score (nSPS) is 12.1. The molecule has 8 heteroatoms. The molecule has 2 amide bonds. The van der Waals surface area contributed by atoms with Crippen LogP contribution in [0.4, 0.5) is 0 Å². The van der Waals surface area contributed by atoms with E-state index in [0.717, 1.165) is 5.56 Å². The molecule has 0 aliphatic carbocycles. The SMILES string of the molecule is CC(C)(C)NC(=O)[C@H](Cc1ccccc1)N(Cc1ccc(Cl)cc1Cl)C(=O)COc1cccc(Cl)c1. The van der Waals surface area contributed by atoms with Gasteiger partial charge < -0.3 is 15.0 Å². The largest absolute Gasteiger partial charge is 0.484 e. The maximum Gasteiger partial charge on any atom is 0.261 e. The van der Waals surface area contributed by atoms with Crippen molar-refractivity contribution in [3.05, 3.63) is 99.0 Å². The van der Waals surface area contributed by atoms with Gasteiger partial charge in [0.1, 0.15) is 11.8 Å². The van der Waals surface area contributed by atoms with Gasteiger partial charge in [0.05, 0.1) is 0 Å². The minimum atomic E-state index is -0.811. The van der Waals surface area contributed by atoms with E-state index >= 15 is 0 Å². The van der Waals surface area contributed by atoms with Gasteiger partial charge in [-0.1, -0.05) is 77.3 Å². The summed E-state index contributed by atoms with van der Waals surface area (Å²) in [4.78, 5) is 28.7. The number of ether oxygens (including phenoxy) is 1. The number of benzene rings is 3. The van der Waals surface area contributed by atoms with E-state index in [9.17, 15) is 9.59 Å². The van der Waals surface area contributed by atoms with Gasteiger partial charge in [-0.15, -0.1) is 0 Å². The van der Waals surface area contributed by atoms with Crippen molar-refractivity contribution in [2.45, 2.75) is 45.3 Å². The lowest BCUT2D eigenvalue weighted by Gasteiger charge is -2.34. The molecule has 0 aliphatic rings. The third-order valence-electron chi connectivity index (χ3n) is 5.28.